The smallest absolute Gasteiger partial charge is 0.264 e. The molecule has 1 unspecified atom stereocenters. The zero-order valence-corrected chi connectivity index (χ0v) is 16.7. The van der Waals surface area contributed by atoms with Gasteiger partial charge in [-0.05, 0) is 43.7 Å². The molecular formula is C21H17ClN4O4. The van der Waals surface area contributed by atoms with Crippen LogP contribution in [0.1, 0.15) is 35.1 Å². The third kappa shape index (κ3) is 3.57. The topological polar surface area (TPSA) is 110 Å². The fraction of sp³-hybridized carbons (Fsp3) is 0.190. The number of piperidine rings is 1. The molecule has 1 saturated heterocycles. The summed E-state index contributed by atoms with van der Waals surface area (Å²) in [5, 5.41) is 5.59. The van der Waals surface area contributed by atoms with E-state index in [-0.39, 0.29) is 29.8 Å². The van der Waals surface area contributed by atoms with Crippen molar-refractivity contribution in [1.29, 1.82) is 0 Å². The highest BCUT2D eigenvalue weighted by atomic mass is 35.5. The van der Waals surface area contributed by atoms with Gasteiger partial charge in [0.15, 0.2) is 0 Å². The summed E-state index contributed by atoms with van der Waals surface area (Å²) in [7, 11) is 0. The zero-order valence-electron chi connectivity index (χ0n) is 15.9. The number of aryl methyl sites for hydroxylation is 1. The number of fused-ring (bicyclic) bond motifs is 1. The minimum atomic E-state index is -0.844. The molecule has 9 heteroatoms. The fourth-order valence-corrected chi connectivity index (χ4v) is 3.77. The average molecular weight is 425 g/mol. The van der Waals surface area contributed by atoms with Crippen molar-refractivity contribution in [3.05, 3.63) is 69.2 Å². The minimum Gasteiger partial charge on any atom is -0.321 e. The van der Waals surface area contributed by atoms with Crippen molar-refractivity contribution in [2.75, 3.05) is 5.32 Å². The first-order valence-electron chi connectivity index (χ1n) is 9.27. The van der Waals surface area contributed by atoms with Crippen molar-refractivity contribution in [3.8, 4) is 0 Å². The Kier molecular flexibility index (Phi) is 5.09. The molecule has 1 fully saturated rings. The molecule has 3 aromatic rings. The van der Waals surface area contributed by atoms with Crippen molar-refractivity contribution in [2.45, 2.75) is 25.8 Å². The van der Waals surface area contributed by atoms with E-state index in [1.165, 1.54) is 10.6 Å². The lowest BCUT2D eigenvalue weighted by Crippen LogP contribution is -2.45. The summed E-state index contributed by atoms with van der Waals surface area (Å²) in [5.41, 5.74) is 0.542. The van der Waals surface area contributed by atoms with Crippen LogP contribution < -0.4 is 16.2 Å². The van der Waals surface area contributed by atoms with Crippen molar-refractivity contribution in [3.63, 3.8) is 0 Å². The second-order valence-corrected chi connectivity index (χ2v) is 7.40. The van der Waals surface area contributed by atoms with E-state index in [1.54, 1.807) is 43.3 Å². The molecule has 0 saturated carbocycles. The van der Waals surface area contributed by atoms with Crippen LogP contribution in [-0.2, 0) is 9.59 Å². The fourth-order valence-electron chi connectivity index (χ4n) is 3.58. The van der Waals surface area contributed by atoms with Gasteiger partial charge < -0.3 is 5.32 Å². The van der Waals surface area contributed by atoms with E-state index in [4.69, 9.17) is 11.6 Å². The maximum absolute atomic E-state index is 13.4. The van der Waals surface area contributed by atoms with Crippen LogP contribution in [0.25, 0.3) is 10.9 Å². The van der Waals surface area contributed by atoms with Crippen molar-refractivity contribution in [2.24, 2.45) is 0 Å². The van der Waals surface area contributed by atoms with E-state index in [0.717, 1.165) is 0 Å². The van der Waals surface area contributed by atoms with Gasteiger partial charge in [0.1, 0.15) is 11.9 Å². The lowest BCUT2D eigenvalue weighted by molar-refractivity contribution is -0.135. The van der Waals surface area contributed by atoms with Gasteiger partial charge in [-0.2, -0.15) is 0 Å². The molecule has 1 aliphatic rings. The quantitative estimate of drug-likeness (QED) is 0.628. The number of nitrogens with one attached hydrogen (secondary N) is 2. The summed E-state index contributed by atoms with van der Waals surface area (Å²) in [5.74, 6) is -0.999. The van der Waals surface area contributed by atoms with Crippen LogP contribution >= 0.6 is 11.6 Å². The number of imide groups is 1. The van der Waals surface area contributed by atoms with Crippen LogP contribution in [0, 0.1) is 6.92 Å². The molecule has 2 heterocycles. The molecule has 1 aromatic heterocycles. The normalized spacial score (nSPS) is 16.4. The van der Waals surface area contributed by atoms with Gasteiger partial charge in [-0.15, -0.1) is 0 Å². The number of carbonyl (C=O) groups excluding carboxylic acids is 3. The molecule has 0 bridgehead atoms. The number of anilines is 1. The maximum atomic E-state index is 13.4. The molecule has 3 amide bonds. The molecule has 4 rings (SSSR count). The number of nitrogens with zero attached hydrogens (tertiary/aromatic N) is 2. The Balaban J connectivity index is 1.80. The number of benzene rings is 2. The Morgan fingerprint density at radius 1 is 1.20 bits per heavy atom. The van der Waals surface area contributed by atoms with E-state index in [2.05, 4.69) is 15.6 Å². The van der Waals surface area contributed by atoms with Gasteiger partial charge >= 0.3 is 0 Å². The van der Waals surface area contributed by atoms with Gasteiger partial charge in [0.05, 0.1) is 16.6 Å². The predicted octanol–water partition coefficient (Wildman–Crippen LogP) is 2.59. The summed E-state index contributed by atoms with van der Waals surface area (Å²) in [4.78, 5) is 54.3. The van der Waals surface area contributed by atoms with Crippen LogP contribution in [0.2, 0.25) is 5.02 Å². The van der Waals surface area contributed by atoms with E-state index in [9.17, 15) is 19.2 Å². The number of halogens is 1. The molecule has 2 N–H and O–H groups in total. The molecule has 0 aliphatic carbocycles. The number of rotatable bonds is 3. The summed E-state index contributed by atoms with van der Waals surface area (Å²) in [6.07, 6.45) is 0.336. The molecule has 0 spiro atoms. The summed E-state index contributed by atoms with van der Waals surface area (Å²) in [6, 6.07) is 10.5. The largest absolute Gasteiger partial charge is 0.321 e. The van der Waals surface area contributed by atoms with Crippen LogP contribution in [-0.4, -0.2) is 27.3 Å². The highest BCUT2D eigenvalue weighted by molar-refractivity contribution is 6.31. The molecule has 152 valence electrons. The van der Waals surface area contributed by atoms with Gasteiger partial charge in [-0.1, -0.05) is 23.7 Å². The first-order chi connectivity index (χ1) is 14.3. The summed E-state index contributed by atoms with van der Waals surface area (Å²) < 4.78 is 1.28. The molecule has 8 nitrogen and oxygen atoms in total. The van der Waals surface area contributed by atoms with Gasteiger partial charge in [-0.3, -0.25) is 29.1 Å². The highest BCUT2D eigenvalue weighted by Crippen LogP contribution is 2.24. The number of hydrogen-bond acceptors (Lipinski definition) is 5. The molecule has 1 atom stereocenters. The third-order valence-corrected chi connectivity index (χ3v) is 5.20. The number of carbonyl (C=O) groups is 3. The monoisotopic (exact) mass is 424 g/mol. The van der Waals surface area contributed by atoms with E-state index in [1.807, 2.05) is 0 Å². The zero-order chi connectivity index (χ0) is 21.4. The molecule has 30 heavy (non-hydrogen) atoms. The molecule has 0 radical (unpaired) electrons. The Labute approximate surface area is 175 Å². The minimum absolute atomic E-state index is 0.132. The lowest BCUT2D eigenvalue weighted by Gasteiger charge is -2.24. The first kappa shape index (κ1) is 19.8. The number of hydrogen-bond donors (Lipinski definition) is 2. The van der Waals surface area contributed by atoms with Gasteiger partial charge in [0.2, 0.25) is 11.8 Å². The van der Waals surface area contributed by atoms with E-state index >= 15 is 0 Å². The second kappa shape index (κ2) is 7.72. The third-order valence-electron chi connectivity index (χ3n) is 4.96. The SMILES string of the molecule is Cc1nc2cccc(NC(=O)c3cccc(Cl)c3)c2c(=O)n1C1CCC(=O)NC1=O. The standard InChI is InChI=1S/C21H17ClN4O4/c1-11-23-14-6-3-7-15(24-19(28)12-4-2-5-13(22)10-12)18(14)21(30)26(11)16-8-9-17(27)25-20(16)29/h2-7,10,16H,8-9H2,1H3,(H,24,28)(H,25,27,29). The van der Waals surface area contributed by atoms with Crippen molar-refractivity contribution < 1.29 is 14.4 Å². The average Bonchev–Trinajstić information content (AvgIpc) is 2.69. The Bertz CT molecular complexity index is 1270. The van der Waals surface area contributed by atoms with Gasteiger partial charge in [-0.25, -0.2) is 4.98 Å². The Morgan fingerprint density at radius 2 is 1.97 bits per heavy atom. The molecule has 2 aromatic carbocycles. The summed E-state index contributed by atoms with van der Waals surface area (Å²) >= 11 is 5.96. The molecule has 1 aliphatic heterocycles. The van der Waals surface area contributed by atoms with Crippen LogP contribution in [0.15, 0.2) is 47.3 Å². The predicted molar refractivity (Wildman–Crippen MR) is 112 cm³/mol. The number of aromatic nitrogens is 2. The second-order valence-electron chi connectivity index (χ2n) is 6.97. The van der Waals surface area contributed by atoms with E-state index in [0.29, 0.717) is 21.9 Å². The Morgan fingerprint density at radius 3 is 2.70 bits per heavy atom. The maximum Gasteiger partial charge on any atom is 0.264 e. The van der Waals surface area contributed by atoms with Crippen molar-refractivity contribution in [1.82, 2.24) is 14.9 Å². The lowest BCUT2D eigenvalue weighted by atomic mass is 10.1. The first-order valence-corrected chi connectivity index (χ1v) is 9.65. The van der Waals surface area contributed by atoms with Crippen LogP contribution in [0.5, 0.6) is 0 Å². The van der Waals surface area contributed by atoms with Crippen LogP contribution in [0.3, 0.4) is 0 Å². The summed E-state index contributed by atoms with van der Waals surface area (Å²) in [6.45, 7) is 1.63. The highest BCUT2D eigenvalue weighted by Gasteiger charge is 2.30. The Hall–Kier alpha value is -3.52. The molecular weight excluding hydrogens is 408 g/mol. The van der Waals surface area contributed by atoms with E-state index < -0.39 is 23.4 Å². The number of amides is 3. The van der Waals surface area contributed by atoms with Crippen molar-refractivity contribution >= 4 is 45.9 Å². The van der Waals surface area contributed by atoms with Gasteiger partial charge in [0.25, 0.3) is 11.5 Å². The van der Waals surface area contributed by atoms with Crippen LogP contribution in [0.4, 0.5) is 5.69 Å². The van der Waals surface area contributed by atoms with Gasteiger partial charge in [0, 0.05) is 17.0 Å².